The van der Waals surface area contributed by atoms with Gasteiger partial charge in [0.25, 0.3) is 0 Å². The smallest absolute Gasteiger partial charge is 0.302 e. The minimum absolute atomic E-state index is 0.0618. The van der Waals surface area contributed by atoms with Crippen LogP contribution in [0, 0.1) is 22.7 Å². The molecular formula is C23H32O4. The number of carbonyl (C=O) groups is 2. The molecule has 0 amide bonds. The van der Waals surface area contributed by atoms with Crippen molar-refractivity contribution in [1.29, 1.82) is 0 Å². The van der Waals surface area contributed by atoms with Crippen molar-refractivity contribution in [2.24, 2.45) is 22.7 Å². The highest BCUT2D eigenvalue weighted by atomic mass is 16.5. The van der Waals surface area contributed by atoms with Crippen LogP contribution in [0.3, 0.4) is 0 Å². The Morgan fingerprint density at radius 3 is 2.44 bits per heavy atom. The lowest BCUT2D eigenvalue weighted by molar-refractivity contribution is -0.184. The van der Waals surface area contributed by atoms with Crippen LogP contribution in [0.25, 0.3) is 0 Å². The van der Waals surface area contributed by atoms with Gasteiger partial charge in [-0.3, -0.25) is 9.59 Å². The Bertz CT molecular complexity index is 749. The van der Waals surface area contributed by atoms with Gasteiger partial charge in [-0.2, -0.15) is 0 Å². The Labute approximate surface area is 162 Å². The summed E-state index contributed by atoms with van der Waals surface area (Å²) in [5, 5.41) is 12.0. The van der Waals surface area contributed by atoms with Crippen LogP contribution in [-0.2, 0) is 14.3 Å². The number of carbonyl (C=O) groups excluding carboxylic acids is 2. The Morgan fingerprint density at radius 1 is 1.07 bits per heavy atom. The summed E-state index contributed by atoms with van der Waals surface area (Å²) in [4.78, 5) is 23.5. The van der Waals surface area contributed by atoms with Crippen molar-refractivity contribution in [1.82, 2.24) is 0 Å². The number of ketones is 1. The highest BCUT2D eigenvalue weighted by Crippen LogP contribution is 2.66. The summed E-state index contributed by atoms with van der Waals surface area (Å²) in [5.41, 5.74) is 1.16. The molecule has 0 saturated heterocycles. The topological polar surface area (TPSA) is 63.6 Å². The van der Waals surface area contributed by atoms with Gasteiger partial charge in [-0.1, -0.05) is 31.6 Å². The van der Waals surface area contributed by atoms with Crippen LogP contribution in [0.5, 0.6) is 0 Å². The zero-order valence-electron chi connectivity index (χ0n) is 17.0. The SMILES string of the molecule is CC(=O)OC1CCC2(C)C(=CCC3C4CC=C(C(C)=O)C4(C)CCC32O)C1. The molecule has 4 aliphatic rings. The number of hydrogen-bond donors (Lipinski definition) is 1. The number of ether oxygens (including phenoxy) is 1. The van der Waals surface area contributed by atoms with Gasteiger partial charge in [0.15, 0.2) is 5.78 Å². The molecule has 4 aliphatic carbocycles. The van der Waals surface area contributed by atoms with Gasteiger partial charge in [-0.25, -0.2) is 0 Å². The molecule has 0 aromatic carbocycles. The van der Waals surface area contributed by atoms with Gasteiger partial charge < -0.3 is 9.84 Å². The molecule has 4 nitrogen and oxygen atoms in total. The zero-order valence-corrected chi connectivity index (χ0v) is 17.0. The maximum absolute atomic E-state index is 12.2. The molecule has 0 aliphatic heterocycles. The van der Waals surface area contributed by atoms with E-state index in [0.717, 1.165) is 50.5 Å². The molecule has 2 saturated carbocycles. The second-order valence-electron chi connectivity index (χ2n) is 9.74. The van der Waals surface area contributed by atoms with Crippen LogP contribution in [0.1, 0.15) is 72.6 Å². The summed E-state index contributed by atoms with van der Waals surface area (Å²) in [6.07, 6.45) is 10.1. The molecule has 2 fully saturated rings. The fraction of sp³-hybridized carbons (Fsp3) is 0.739. The van der Waals surface area contributed by atoms with Gasteiger partial charge in [0, 0.05) is 18.8 Å². The molecule has 27 heavy (non-hydrogen) atoms. The van der Waals surface area contributed by atoms with Gasteiger partial charge in [0.1, 0.15) is 6.10 Å². The fourth-order valence-corrected chi connectivity index (χ4v) is 7.02. The Balaban J connectivity index is 1.65. The number of hydrogen-bond acceptors (Lipinski definition) is 4. The van der Waals surface area contributed by atoms with E-state index in [2.05, 4.69) is 26.0 Å². The first-order valence-electron chi connectivity index (χ1n) is 10.4. The maximum Gasteiger partial charge on any atom is 0.302 e. The molecule has 4 rings (SSSR count). The lowest BCUT2D eigenvalue weighted by Crippen LogP contribution is -2.62. The van der Waals surface area contributed by atoms with Crippen molar-refractivity contribution in [3.63, 3.8) is 0 Å². The quantitative estimate of drug-likeness (QED) is 0.585. The fourth-order valence-electron chi connectivity index (χ4n) is 7.02. The molecule has 0 aromatic rings. The number of aliphatic hydroxyl groups is 1. The van der Waals surface area contributed by atoms with Crippen LogP contribution in [-0.4, -0.2) is 28.6 Å². The van der Waals surface area contributed by atoms with E-state index in [0.29, 0.717) is 5.92 Å². The minimum Gasteiger partial charge on any atom is -0.462 e. The normalized spacial score (nSPS) is 45.7. The summed E-state index contributed by atoms with van der Waals surface area (Å²) in [6, 6.07) is 0. The largest absolute Gasteiger partial charge is 0.462 e. The van der Waals surface area contributed by atoms with Gasteiger partial charge >= 0.3 is 5.97 Å². The number of Topliss-reactive ketones (excluding diaryl/α,β-unsaturated/α-hetero) is 1. The lowest BCUT2D eigenvalue weighted by atomic mass is 9.45. The average molecular weight is 373 g/mol. The first-order chi connectivity index (χ1) is 12.6. The molecule has 4 heteroatoms. The summed E-state index contributed by atoms with van der Waals surface area (Å²) in [7, 11) is 0. The van der Waals surface area contributed by atoms with Crippen LogP contribution in [0.15, 0.2) is 23.3 Å². The highest BCUT2D eigenvalue weighted by molar-refractivity contribution is 5.95. The summed E-state index contributed by atoms with van der Waals surface area (Å²) < 4.78 is 5.47. The Hall–Kier alpha value is -1.42. The van der Waals surface area contributed by atoms with Crippen molar-refractivity contribution in [3.05, 3.63) is 23.3 Å². The molecule has 0 aromatic heterocycles. The standard InChI is InChI=1S/C23H32O4/c1-14(24)18-7-8-19-20-6-5-16-13-17(27-15(2)25)9-10-22(16,4)23(20,26)12-11-21(18,19)3/h5,7,17,19-20,26H,6,8-13H2,1-4H3. The molecule has 6 atom stereocenters. The van der Waals surface area contributed by atoms with E-state index in [-0.39, 0.29) is 34.6 Å². The number of allylic oxidation sites excluding steroid dienone is 3. The second kappa shape index (κ2) is 6.04. The average Bonchev–Trinajstić information content (AvgIpc) is 2.93. The monoisotopic (exact) mass is 372 g/mol. The van der Waals surface area contributed by atoms with E-state index in [4.69, 9.17) is 4.74 Å². The van der Waals surface area contributed by atoms with Gasteiger partial charge in [-0.05, 0) is 68.3 Å². The van der Waals surface area contributed by atoms with Crippen molar-refractivity contribution in [2.75, 3.05) is 0 Å². The third-order valence-electron chi connectivity index (χ3n) is 8.54. The third-order valence-corrected chi connectivity index (χ3v) is 8.54. The highest BCUT2D eigenvalue weighted by Gasteiger charge is 2.64. The molecule has 0 radical (unpaired) electrons. The lowest BCUT2D eigenvalue weighted by Gasteiger charge is -2.62. The van der Waals surface area contributed by atoms with Crippen molar-refractivity contribution < 1.29 is 19.4 Å². The van der Waals surface area contributed by atoms with Crippen molar-refractivity contribution >= 4 is 11.8 Å². The predicted molar refractivity (Wildman–Crippen MR) is 103 cm³/mol. The maximum atomic E-state index is 12.2. The summed E-state index contributed by atoms with van der Waals surface area (Å²) in [6.45, 7) is 7.59. The van der Waals surface area contributed by atoms with Crippen LogP contribution in [0.2, 0.25) is 0 Å². The molecule has 0 heterocycles. The molecular weight excluding hydrogens is 340 g/mol. The summed E-state index contributed by atoms with van der Waals surface area (Å²) >= 11 is 0. The predicted octanol–water partition coefficient (Wildman–Crippen LogP) is 4.12. The van der Waals surface area contributed by atoms with Crippen molar-refractivity contribution in [2.45, 2.75) is 84.3 Å². The summed E-state index contributed by atoms with van der Waals surface area (Å²) in [5.74, 6) is 0.476. The molecule has 1 N–H and O–H groups in total. The molecule has 0 spiro atoms. The number of fused-ring (bicyclic) bond motifs is 5. The van der Waals surface area contributed by atoms with Gasteiger partial charge in [0.2, 0.25) is 0 Å². The molecule has 148 valence electrons. The Kier molecular flexibility index (Phi) is 4.23. The Morgan fingerprint density at radius 2 is 1.78 bits per heavy atom. The van der Waals surface area contributed by atoms with Crippen LogP contribution in [0.4, 0.5) is 0 Å². The molecule has 0 bridgehead atoms. The second-order valence-corrected chi connectivity index (χ2v) is 9.74. The third kappa shape index (κ3) is 2.52. The van der Waals surface area contributed by atoms with E-state index in [1.54, 1.807) is 6.92 Å². The number of rotatable bonds is 2. The van der Waals surface area contributed by atoms with Crippen molar-refractivity contribution in [3.8, 4) is 0 Å². The van der Waals surface area contributed by atoms with E-state index >= 15 is 0 Å². The van der Waals surface area contributed by atoms with Gasteiger partial charge in [0.05, 0.1) is 5.60 Å². The van der Waals surface area contributed by atoms with Crippen LogP contribution >= 0.6 is 0 Å². The first-order valence-corrected chi connectivity index (χ1v) is 10.4. The van der Waals surface area contributed by atoms with E-state index in [9.17, 15) is 14.7 Å². The van der Waals surface area contributed by atoms with E-state index in [1.165, 1.54) is 12.5 Å². The minimum atomic E-state index is -0.734. The number of esters is 1. The van der Waals surface area contributed by atoms with Gasteiger partial charge in [-0.15, -0.1) is 0 Å². The molecule has 6 unspecified atom stereocenters. The van der Waals surface area contributed by atoms with Crippen LogP contribution < -0.4 is 0 Å². The van der Waals surface area contributed by atoms with E-state index < -0.39 is 5.60 Å². The van der Waals surface area contributed by atoms with E-state index in [1.807, 2.05) is 0 Å². The first kappa shape index (κ1) is 18.9. The zero-order chi connectivity index (χ0) is 19.6.